The first-order valence-corrected chi connectivity index (χ1v) is 8.75. The zero-order valence-electron chi connectivity index (χ0n) is 14.6. The van der Waals surface area contributed by atoms with Gasteiger partial charge < -0.3 is 19.2 Å². The van der Waals surface area contributed by atoms with Crippen molar-refractivity contribution in [2.24, 2.45) is 5.92 Å². The second-order valence-electron chi connectivity index (χ2n) is 6.38. The molecule has 1 aliphatic heterocycles. The second-order valence-corrected chi connectivity index (χ2v) is 6.38. The maximum Gasteiger partial charge on any atom is 0.227 e. The summed E-state index contributed by atoms with van der Waals surface area (Å²) in [5, 5.41) is 3.02. The number of nitrogens with zero attached hydrogens (tertiary/aromatic N) is 2. The molecule has 1 amide bonds. The summed E-state index contributed by atoms with van der Waals surface area (Å²) in [7, 11) is 1.60. The van der Waals surface area contributed by atoms with Gasteiger partial charge in [-0.3, -0.25) is 4.79 Å². The van der Waals surface area contributed by atoms with E-state index in [0.717, 1.165) is 29.7 Å². The average molecular weight is 351 g/mol. The molecule has 6 nitrogen and oxygen atoms in total. The van der Waals surface area contributed by atoms with Crippen molar-refractivity contribution in [3.63, 3.8) is 0 Å². The highest BCUT2D eigenvalue weighted by Crippen LogP contribution is 2.31. The Balaban J connectivity index is 1.63. The molecule has 4 rings (SSSR count). The van der Waals surface area contributed by atoms with Gasteiger partial charge in [-0.15, -0.1) is 0 Å². The summed E-state index contributed by atoms with van der Waals surface area (Å²) >= 11 is 0. The van der Waals surface area contributed by atoms with Crippen LogP contribution in [0, 0.1) is 5.92 Å². The molecule has 0 aliphatic carbocycles. The monoisotopic (exact) mass is 351 g/mol. The largest absolute Gasteiger partial charge is 0.495 e. The SMILES string of the molecule is COc1ccc(-c2cn3ccccc3n2)cc1NC(=O)C1CCOCC1. The van der Waals surface area contributed by atoms with E-state index in [1.54, 1.807) is 7.11 Å². The summed E-state index contributed by atoms with van der Waals surface area (Å²) in [6.45, 7) is 1.27. The summed E-state index contributed by atoms with van der Waals surface area (Å²) in [5.41, 5.74) is 3.32. The quantitative estimate of drug-likeness (QED) is 0.783. The van der Waals surface area contributed by atoms with Crippen LogP contribution in [0.1, 0.15) is 12.8 Å². The van der Waals surface area contributed by atoms with E-state index in [1.165, 1.54) is 0 Å². The second kappa shape index (κ2) is 7.17. The molecule has 0 unspecified atom stereocenters. The molecule has 1 saturated heterocycles. The Morgan fingerprint density at radius 1 is 1.27 bits per heavy atom. The van der Waals surface area contributed by atoms with E-state index in [0.29, 0.717) is 24.7 Å². The minimum absolute atomic E-state index is 0.0127. The predicted molar refractivity (Wildman–Crippen MR) is 99.4 cm³/mol. The minimum atomic E-state index is -0.0210. The van der Waals surface area contributed by atoms with Crippen molar-refractivity contribution in [3.05, 3.63) is 48.8 Å². The van der Waals surface area contributed by atoms with E-state index < -0.39 is 0 Å². The van der Waals surface area contributed by atoms with Crippen molar-refractivity contribution < 1.29 is 14.3 Å². The van der Waals surface area contributed by atoms with Crippen LogP contribution < -0.4 is 10.1 Å². The summed E-state index contributed by atoms with van der Waals surface area (Å²) in [5.74, 6) is 0.629. The maximum absolute atomic E-state index is 12.6. The Kier molecular flexibility index (Phi) is 4.58. The smallest absolute Gasteiger partial charge is 0.227 e. The van der Waals surface area contributed by atoms with Gasteiger partial charge in [0.2, 0.25) is 5.91 Å². The highest BCUT2D eigenvalue weighted by Gasteiger charge is 2.22. The van der Waals surface area contributed by atoms with Gasteiger partial charge in [-0.2, -0.15) is 0 Å². The van der Waals surface area contributed by atoms with Crippen LogP contribution in [-0.4, -0.2) is 35.6 Å². The normalized spacial score (nSPS) is 15.1. The lowest BCUT2D eigenvalue weighted by molar-refractivity contribution is -0.122. The van der Waals surface area contributed by atoms with E-state index in [4.69, 9.17) is 9.47 Å². The third-order valence-electron chi connectivity index (χ3n) is 4.71. The van der Waals surface area contributed by atoms with Crippen molar-refractivity contribution in [1.82, 2.24) is 9.38 Å². The average Bonchev–Trinajstić information content (AvgIpc) is 3.13. The fourth-order valence-electron chi connectivity index (χ4n) is 3.23. The molecule has 1 aliphatic rings. The number of hydrogen-bond acceptors (Lipinski definition) is 4. The lowest BCUT2D eigenvalue weighted by Crippen LogP contribution is -2.28. The molecule has 2 aromatic heterocycles. The number of pyridine rings is 1. The van der Waals surface area contributed by atoms with E-state index in [1.807, 2.05) is 53.2 Å². The standard InChI is InChI=1S/C20H21N3O3/c1-25-18-6-5-15(17-13-23-9-3-2-4-19(23)21-17)12-16(18)22-20(24)14-7-10-26-11-8-14/h2-6,9,12-14H,7-8,10-11H2,1H3,(H,22,24). The Bertz CT molecular complexity index is 896. The summed E-state index contributed by atoms with van der Waals surface area (Å²) in [6, 6.07) is 11.6. The van der Waals surface area contributed by atoms with Crippen molar-refractivity contribution >= 4 is 17.2 Å². The number of hydrogen-bond donors (Lipinski definition) is 1. The number of fused-ring (bicyclic) bond motifs is 1. The first-order chi connectivity index (χ1) is 12.7. The van der Waals surface area contributed by atoms with Gasteiger partial charge in [-0.05, 0) is 43.2 Å². The van der Waals surface area contributed by atoms with Gasteiger partial charge in [-0.25, -0.2) is 4.98 Å². The van der Waals surface area contributed by atoms with Crippen LogP contribution in [0.15, 0.2) is 48.8 Å². The molecule has 0 atom stereocenters. The van der Waals surface area contributed by atoms with Crippen molar-refractivity contribution in [2.45, 2.75) is 12.8 Å². The highest BCUT2D eigenvalue weighted by molar-refractivity contribution is 5.94. The molecule has 134 valence electrons. The molecule has 0 saturated carbocycles. The van der Waals surface area contributed by atoms with Crippen LogP contribution in [0.4, 0.5) is 5.69 Å². The topological polar surface area (TPSA) is 64.9 Å². The Labute approximate surface area is 151 Å². The zero-order chi connectivity index (χ0) is 17.9. The number of nitrogens with one attached hydrogen (secondary N) is 1. The van der Waals surface area contributed by atoms with Crippen LogP contribution in [0.5, 0.6) is 5.75 Å². The molecular formula is C20H21N3O3. The van der Waals surface area contributed by atoms with Crippen LogP contribution in [0.2, 0.25) is 0 Å². The fraction of sp³-hybridized carbons (Fsp3) is 0.300. The van der Waals surface area contributed by atoms with Gasteiger partial charge in [-0.1, -0.05) is 6.07 Å². The third-order valence-corrected chi connectivity index (χ3v) is 4.71. The molecule has 0 bridgehead atoms. The minimum Gasteiger partial charge on any atom is -0.495 e. The predicted octanol–water partition coefficient (Wildman–Crippen LogP) is 3.38. The van der Waals surface area contributed by atoms with E-state index in [-0.39, 0.29) is 11.8 Å². The third kappa shape index (κ3) is 3.28. The fourth-order valence-corrected chi connectivity index (χ4v) is 3.23. The number of carbonyl (C=O) groups excluding carboxylic acids is 1. The van der Waals surface area contributed by atoms with Gasteiger partial charge >= 0.3 is 0 Å². The number of benzene rings is 1. The molecule has 0 spiro atoms. The van der Waals surface area contributed by atoms with E-state index >= 15 is 0 Å². The molecule has 3 heterocycles. The van der Waals surface area contributed by atoms with Crippen molar-refractivity contribution in [1.29, 1.82) is 0 Å². The van der Waals surface area contributed by atoms with Gasteiger partial charge in [0.25, 0.3) is 0 Å². The molecule has 1 aromatic carbocycles. The zero-order valence-corrected chi connectivity index (χ0v) is 14.6. The van der Waals surface area contributed by atoms with E-state index in [9.17, 15) is 4.79 Å². The van der Waals surface area contributed by atoms with Gasteiger partial charge in [0.05, 0.1) is 18.5 Å². The Hall–Kier alpha value is -2.86. The Morgan fingerprint density at radius 3 is 2.88 bits per heavy atom. The number of rotatable bonds is 4. The summed E-state index contributed by atoms with van der Waals surface area (Å²) in [6.07, 6.45) is 5.44. The molecule has 3 aromatic rings. The first-order valence-electron chi connectivity index (χ1n) is 8.75. The number of imidazole rings is 1. The molecular weight excluding hydrogens is 330 g/mol. The lowest BCUT2D eigenvalue weighted by atomic mass is 9.99. The molecule has 0 radical (unpaired) electrons. The lowest BCUT2D eigenvalue weighted by Gasteiger charge is -2.22. The summed E-state index contributed by atoms with van der Waals surface area (Å²) in [4.78, 5) is 17.2. The number of methoxy groups -OCH3 is 1. The number of ether oxygens (including phenoxy) is 2. The molecule has 1 N–H and O–H groups in total. The number of carbonyl (C=O) groups is 1. The maximum atomic E-state index is 12.6. The van der Waals surface area contributed by atoms with Gasteiger partial charge in [0.15, 0.2) is 0 Å². The molecule has 6 heteroatoms. The molecule has 26 heavy (non-hydrogen) atoms. The van der Waals surface area contributed by atoms with Gasteiger partial charge in [0.1, 0.15) is 11.4 Å². The summed E-state index contributed by atoms with van der Waals surface area (Å²) < 4.78 is 12.7. The van der Waals surface area contributed by atoms with Crippen LogP contribution in [0.25, 0.3) is 16.9 Å². The number of aromatic nitrogens is 2. The molecule has 1 fully saturated rings. The first kappa shape index (κ1) is 16.6. The number of amides is 1. The van der Waals surface area contributed by atoms with E-state index in [2.05, 4.69) is 10.3 Å². The Morgan fingerprint density at radius 2 is 2.12 bits per heavy atom. The van der Waals surface area contributed by atoms with Crippen molar-refractivity contribution in [3.8, 4) is 17.0 Å². The number of anilines is 1. The van der Waals surface area contributed by atoms with Crippen LogP contribution in [-0.2, 0) is 9.53 Å². The van der Waals surface area contributed by atoms with Gasteiger partial charge in [0, 0.05) is 37.1 Å². The van der Waals surface area contributed by atoms with Crippen molar-refractivity contribution in [2.75, 3.05) is 25.6 Å². The highest BCUT2D eigenvalue weighted by atomic mass is 16.5. The van der Waals surface area contributed by atoms with Crippen LogP contribution in [0.3, 0.4) is 0 Å². The van der Waals surface area contributed by atoms with Crippen LogP contribution >= 0.6 is 0 Å².